The molecule has 0 aliphatic heterocycles. The predicted molar refractivity (Wildman–Crippen MR) is 71.6 cm³/mol. The van der Waals surface area contributed by atoms with Gasteiger partial charge in [0.1, 0.15) is 0 Å². The third-order valence-electron chi connectivity index (χ3n) is 3.62. The second-order valence-corrected chi connectivity index (χ2v) is 5.11. The van der Waals surface area contributed by atoms with Gasteiger partial charge in [0.2, 0.25) is 0 Å². The van der Waals surface area contributed by atoms with Gasteiger partial charge in [-0.05, 0) is 38.4 Å². The Labute approximate surface area is 108 Å². The van der Waals surface area contributed by atoms with Crippen molar-refractivity contribution < 1.29 is 9.13 Å². The molecule has 0 atom stereocenters. The van der Waals surface area contributed by atoms with E-state index in [9.17, 15) is 4.39 Å². The third kappa shape index (κ3) is 2.75. The summed E-state index contributed by atoms with van der Waals surface area (Å²) in [6, 6.07) is 5.10. The molecule has 0 amide bonds. The van der Waals surface area contributed by atoms with Crippen molar-refractivity contribution in [2.45, 2.75) is 19.8 Å². The first-order valence-corrected chi connectivity index (χ1v) is 6.44. The van der Waals surface area contributed by atoms with Crippen molar-refractivity contribution in [2.75, 3.05) is 31.6 Å². The summed E-state index contributed by atoms with van der Waals surface area (Å²) in [6.07, 6.45) is 2.35. The Morgan fingerprint density at radius 1 is 1.44 bits per heavy atom. The molecule has 1 aliphatic carbocycles. The number of halogens is 1. The minimum absolute atomic E-state index is 0.254. The van der Waals surface area contributed by atoms with E-state index >= 15 is 0 Å². The molecule has 0 spiro atoms. The van der Waals surface area contributed by atoms with Gasteiger partial charge in [-0.15, -0.1) is 0 Å². The summed E-state index contributed by atoms with van der Waals surface area (Å²) in [6.45, 7) is 3.91. The van der Waals surface area contributed by atoms with E-state index in [0.29, 0.717) is 18.9 Å². The van der Waals surface area contributed by atoms with Crippen LogP contribution >= 0.6 is 0 Å². The second-order valence-electron chi connectivity index (χ2n) is 5.11. The molecule has 2 N–H and O–H groups in total. The van der Waals surface area contributed by atoms with Gasteiger partial charge in [-0.25, -0.2) is 4.39 Å². The Bertz CT molecular complexity index is 418. The van der Waals surface area contributed by atoms with Crippen molar-refractivity contribution in [3.8, 4) is 5.75 Å². The van der Waals surface area contributed by atoms with Gasteiger partial charge < -0.3 is 15.4 Å². The normalized spacial score (nSPS) is 16.4. The van der Waals surface area contributed by atoms with Crippen LogP contribution in [-0.2, 0) is 0 Å². The van der Waals surface area contributed by atoms with Crippen LogP contribution in [0.5, 0.6) is 5.75 Å². The molecule has 0 saturated heterocycles. The van der Waals surface area contributed by atoms with E-state index in [1.807, 2.05) is 20.0 Å². The quantitative estimate of drug-likeness (QED) is 0.845. The molecular formula is C14H21FN2O. The Morgan fingerprint density at radius 2 is 2.17 bits per heavy atom. The highest BCUT2D eigenvalue weighted by Gasteiger charge is 2.42. The van der Waals surface area contributed by atoms with Gasteiger partial charge in [0.05, 0.1) is 6.61 Å². The monoisotopic (exact) mass is 252 g/mol. The van der Waals surface area contributed by atoms with E-state index in [0.717, 1.165) is 12.2 Å². The van der Waals surface area contributed by atoms with E-state index in [1.165, 1.54) is 18.9 Å². The minimum Gasteiger partial charge on any atom is -0.491 e. The molecule has 0 aromatic heterocycles. The summed E-state index contributed by atoms with van der Waals surface area (Å²) in [5.41, 5.74) is 6.89. The van der Waals surface area contributed by atoms with Crippen LogP contribution in [-0.4, -0.2) is 26.7 Å². The molecular weight excluding hydrogens is 231 g/mol. The van der Waals surface area contributed by atoms with Gasteiger partial charge in [0.25, 0.3) is 0 Å². The fourth-order valence-electron chi connectivity index (χ4n) is 2.20. The van der Waals surface area contributed by atoms with E-state index in [1.54, 1.807) is 6.07 Å². The number of ether oxygens (including phenoxy) is 1. The highest BCUT2D eigenvalue weighted by Crippen LogP contribution is 2.45. The average molecular weight is 252 g/mol. The standard InChI is InChI=1S/C14H21FN2O/c1-3-18-13-5-4-11(8-12(13)15)17(2)10-14(9-16)6-7-14/h4-5,8H,3,6-7,9-10,16H2,1-2H3. The summed E-state index contributed by atoms with van der Waals surface area (Å²) >= 11 is 0. The maximum absolute atomic E-state index is 13.8. The Kier molecular flexibility index (Phi) is 3.76. The molecule has 1 aromatic rings. The van der Waals surface area contributed by atoms with Crippen LogP contribution in [0.1, 0.15) is 19.8 Å². The molecule has 1 aromatic carbocycles. The molecule has 0 unspecified atom stereocenters. The summed E-state index contributed by atoms with van der Waals surface area (Å²) in [7, 11) is 1.98. The van der Waals surface area contributed by atoms with Crippen LogP contribution in [0.2, 0.25) is 0 Å². The summed E-state index contributed by atoms with van der Waals surface area (Å²) in [4.78, 5) is 2.07. The molecule has 2 rings (SSSR count). The van der Waals surface area contributed by atoms with Crippen molar-refractivity contribution in [1.29, 1.82) is 0 Å². The zero-order valence-electron chi connectivity index (χ0n) is 11.1. The second kappa shape index (κ2) is 5.14. The van der Waals surface area contributed by atoms with Crippen molar-refractivity contribution >= 4 is 5.69 Å². The summed E-state index contributed by atoms with van der Waals surface area (Å²) < 4.78 is 18.9. The van der Waals surface area contributed by atoms with E-state index < -0.39 is 0 Å². The van der Waals surface area contributed by atoms with Crippen LogP contribution in [0.15, 0.2) is 18.2 Å². The zero-order valence-corrected chi connectivity index (χ0v) is 11.1. The lowest BCUT2D eigenvalue weighted by Gasteiger charge is -2.25. The van der Waals surface area contributed by atoms with Crippen LogP contribution in [0.3, 0.4) is 0 Å². The first-order chi connectivity index (χ1) is 8.60. The van der Waals surface area contributed by atoms with Crippen molar-refractivity contribution in [3.63, 3.8) is 0 Å². The fourth-order valence-corrected chi connectivity index (χ4v) is 2.20. The first kappa shape index (κ1) is 13.1. The topological polar surface area (TPSA) is 38.5 Å². The first-order valence-electron chi connectivity index (χ1n) is 6.44. The number of hydrogen-bond acceptors (Lipinski definition) is 3. The van der Waals surface area contributed by atoms with Gasteiger partial charge in [0, 0.05) is 30.8 Å². The molecule has 0 heterocycles. The van der Waals surface area contributed by atoms with Crippen LogP contribution in [0.25, 0.3) is 0 Å². The molecule has 100 valence electrons. The number of nitrogens with zero attached hydrogens (tertiary/aromatic N) is 1. The smallest absolute Gasteiger partial charge is 0.167 e. The van der Waals surface area contributed by atoms with Gasteiger partial charge in [0.15, 0.2) is 11.6 Å². The maximum atomic E-state index is 13.8. The van der Waals surface area contributed by atoms with Gasteiger partial charge >= 0.3 is 0 Å². The van der Waals surface area contributed by atoms with Crippen molar-refractivity contribution in [2.24, 2.45) is 11.1 Å². The lowest BCUT2D eigenvalue weighted by Crippen LogP contribution is -2.31. The van der Waals surface area contributed by atoms with Gasteiger partial charge in [-0.3, -0.25) is 0 Å². The van der Waals surface area contributed by atoms with Gasteiger partial charge in [-0.2, -0.15) is 0 Å². The fraction of sp³-hybridized carbons (Fsp3) is 0.571. The molecule has 0 radical (unpaired) electrons. The maximum Gasteiger partial charge on any atom is 0.167 e. The number of nitrogens with two attached hydrogens (primary N) is 1. The lowest BCUT2D eigenvalue weighted by molar-refractivity contribution is 0.321. The summed E-state index contributed by atoms with van der Waals surface area (Å²) in [5, 5.41) is 0. The highest BCUT2D eigenvalue weighted by atomic mass is 19.1. The highest BCUT2D eigenvalue weighted by molar-refractivity contribution is 5.49. The number of benzene rings is 1. The largest absolute Gasteiger partial charge is 0.491 e. The zero-order chi connectivity index (χ0) is 13.2. The van der Waals surface area contributed by atoms with Crippen LogP contribution in [0.4, 0.5) is 10.1 Å². The Hall–Kier alpha value is -1.29. The summed E-state index contributed by atoms with van der Waals surface area (Å²) in [5.74, 6) is 0.00778. The predicted octanol–water partition coefficient (Wildman–Crippen LogP) is 2.40. The molecule has 18 heavy (non-hydrogen) atoms. The molecule has 1 fully saturated rings. The SMILES string of the molecule is CCOc1ccc(N(C)CC2(CN)CC2)cc1F. The van der Waals surface area contributed by atoms with E-state index in [2.05, 4.69) is 4.90 Å². The van der Waals surface area contributed by atoms with E-state index in [-0.39, 0.29) is 11.2 Å². The van der Waals surface area contributed by atoms with Crippen LogP contribution in [0, 0.1) is 11.2 Å². The van der Waals surface area contributed by atoms with Crippen LogP contribution < -0.4 is 15.4 Å². The molecule has 0 bridgehead atoms. The molecule has 1 aliphatic rings. The molecule has 3 nitrogen and oxygen atoms in total. The lowest BCUT2D eigenvalue weighted by atomic mass is 10.1. The number of hydrogen-bond donors (Lipinski definition) is 1. The molecule has 4 heteroatoms. The van der Waals surface area contributed by atoms with Crippen molar-refractivity contribution in [1.82, 2.24) is 0 Å². The Morgan fingerprint density at radius 3 is 2.67 bits per heavy atom. The Balaban J connectivity index is 2.06. The average Bonchev–Trinajstić information content (AvgIpc) is 3.12. The minimum atomic E-state index is -0.307. The van der Waals surface area contributed by atoms with Gasteiger partial charge in [-0.1, -0.05) is 0 Å². The molecule has 1 saturated carbocycles. The van der Waals surface area contributed by atoms with Crippen molar-refractivity contribution in [3.05, 3.63) is 24.0 Å². The number of rotatable bonds is 6. The third-order valence-corrected chi connectivity index (χ3v) is 3.62. The number of anilines is 1. The van der Waals surface area contributed by atoms with E-state index in [4.69, 9.17) is 10.5 Å².